The van der Waals surface area contributed by atoms with Crippen molar-refractivity contribution in [1.82, 2.24) is 10.6 Å². The molecule has 0 bridgehead atoms. The van der Waals surface area contributed by atoms with Crippen LogP contribution in [0.1, 0.15) is 19.8 Å². The Morgan fingerprint density at radius 2 is 1.36 bits per heavy atom. The molecule has 0 aliphatic rings. The molecule has 0 saturated heterocycles. The Balaban J connectivity index is 3.08. The van der Waals surface area contributed by atoms with Crippen LogP contribution in [0.2, 0.25) is 0 Å². The van der Waals surface area contributed by atoms with Gasteiger partial charge in [-0.25, -0.2) is 0 Å². The molecule has 0 saturated carbocycles. The number of nitrogens with one attached hydrogen (secondary N) is 2. The van der Waals surface area contributed by atoms with Crippen LogP contribution in [0.4, 0.5) is 0 Å². The highest BCUT2D eigenvalue weighted by atomic mass is 32.1. The molecular weight excluding hydrogens is 308 g/mol. The Hall–Kier alpha value is -0.830. The molecule has 0 spiro atoms. The Kier molecular flexibility index (Phi) is 15.9. The van der Waals surface area contributed by atoms with E-state index >= 15 is 0 Å². The minimum absolute atomic E-state index is 0.0327. The molecule has 0 rings (SSSR count). The normalized spacial score (nSPS) is 10.5. The maximum absolute atomic E-state index is 11.3. The van der Waals surface area contributed by atoms with Crippen LogP contribution in [0, 0.1) is 0 Å². The van der Waals surface area contributed by atoms with Crippen LogP contribution in [-0.4, -0.2) is 70.3 Å². The van der Waals surface area contributed by atoms with Crippen molar-refractivity contribution >= 4 is 24.4 Å². The quantitative estimate of drug-likeness (QED) is 0.289. The molecule has 0 aliphatic carbocycles. The van der Waals surface area contributed by atoms with Crippen LogP contribution in [0.15, 0.2) is 0 Å². The standard InChI is InChI=1S/C14H28N2O5S/c1-13(17)15-4-6-19-8-10-21-11-9-20-7-5-16-14(18)3-2-12-22/h22H,2-12H2,1H3,(H,15,17)(H,16,18). The van der Waals surface area contributed by atoms with Crippen molar-refractivity contribution < 1.29 is 23.8 Å². The number of hydrogen-bond acceptors (Lipinski definition) is 6. The van der Waals surface area contributed by atoms with Gasteiger partial charge >= 0.3 is 0 Å². The summed E-state index contributed by atoms with van der Waals surface area (Å²) in [4.78, 5) is 21.8. The maximum atomic E-state index is 11.3. The molecule has 0 aromatic heterocycles. The van der Waals surface area contributed by atoms with Gasteiger partial charge in [0.15, 0.2) is 0 Å². The predicted molar refractivity (Wildman–Crippen MR) is 87.2 cm³/mol. The van der Waals surface area contributed by atoms with Crippen LogP contribution in [0.5, 0.6) is 0 Å². The number of hydrogen-bond donors (Lipinski definition) is 3. The second-order valence-corrected chi connectivity index (χ2v) is 4.94. The van der Waals surface area contributed by atoms with E-state index in [9.17, 15) is 9.59 Å². The van der Waals surface area contributed by atoms with E-state index in [-0.39, 0.29) is 11.8 Å². The van der Waals surface area contributed by atoms with Crippen LogP contribution < -0.4 is 10.6 Å². The molecule has 0 aliphatic heterocycles. The van der Waals surface area contributed by atoms with Crippen molar-refractivity contribution in [2.45, 2.75) is 19.8 Å². The Bertz CT molecular complexity index is 292. The molecule has 2 amide bonds. The van der Waals surface area contributed by atoms with Gasteiger partial charge < -0.3 is 24.8 Å². The molecule has 0 aromatic carbocycles. The van der Waals surface area contributed by atoms with Crippen LogP contribution >= 0.6 is 12.6 Å². The van der Waals surface area contributed by atoms with Gasteiger partial charge in [0, 0.05) is 26.4 Å². The van der Waals surface area contributed by atoms with E-state index in [4.69, 9.17) is 14.2 Å². The van der Waals surface area contributed by atoms with Gasteiger partial charge in [0.25, 0.3) is 0 Å². The minimum Gasteiger partial charge on any atom is -0.377 e. The Morgan fingerprint density at radius 3 is 1.86 bits per heavy atom. The molecule has 0 atom stereocenters. The fraction of sp³-hybridized carbons (Fsp3) is 0.857. The largest absolute Gasteiger partial charge is 0.377 e. The minimum atomic E-state index is -0.0603. The van der Waals surface area contributed by atoms with E-state index in [1.54, 1.807) is 0 Å². The molecule has 130 valence electrons. The van der Waals surface area contributed by atoms with E-state index in [2.05, 4.69) is 23.3 Å². The highest BCUT2D eigenvalue weighted by Crippen LogP contribution is 1.90. The number of carbonyl (C=O) groups excluding carboxylic acids is 2. The third-order valence-corrected chi connectivity index (χ3v) is 2.81. The maximum Gasteiger partial charge on any atom is 0.220 e. The van der Waals surface area contributed by atoms with Crippen LogP contribution in [0.3, 0.4) is 0 Å². The third kappa shape index (κ3) is 17.2. The van der Waals surface area contributed by atoms with Crippen molar-refractivity contribution in [2.75, 3.05) is 58.5 Å². The Morgan fingerprint density at radius 1 is 0.864 bits per heavy atom. The molecule has 7 nitrogen and oxygen atoms in total. The topological polar surface area (TPSA) is 85.9 Å². The fourth-order valence-corrected chi connectivity index (χ4v) is 1.59. The summed E-state index contributed by atoms with van der Waals surface area (Å²) in [5.41, 5.74) is 0. The SMILES string of the molecule is CC(=O)NCCOCCOCCOCCNC(=O)CCCS. The second kappa shape index (κ2) is 16.5. The van der Waals surface area contributed by atoms with Crippen molar-refractivity contribution in [3.8, 4) is 0 Å². The predicted octanol–water partition coefficient (Wildman–Crippen LogP) is -0.00150. The zero-order valence-electron chi connectivity index (χ0n) is 13.3. The van der Waals surface area contributed by atoms with E-state index in [1.807, 2.05) is 0 Å². The number of rotatable bonds is 15. The Labute approximate surface area is 137 Å². The first kappa shape index (κ1) is 21.2. The number of amides is 2. The van der Waals surface area contributed by atoms with Gasteiger partial charge in [-0.3, -0.25) is 9.59 Å². The molecule has 0 heterocycles. The molecule has 8 heteroatoms. The van der Waals surface area contributed by atoms with E-state index in [1.165, 1.54) is 6.92 Å². The highest BCUT2D eigenvalue weighted by molar-refractivity contribution is 7.80. The number of carbonyl (C=O) groups is 2. The van der Waals surface area contributed by atoms with Gasteiger partial charge in [-0.15, -0.1) is 0 Å². The summed E-state index contributed by atoms with van der Waals surface area (Å²) in [6.45, 7) is 5.40. The van der Waals surface area contributed by atoms with E-state index < -0.39 is 0 Å². The molecule has 0 fully saturated rings. The monoisotopic (exact) mass is 336 g/mol. The van der Waals surface area contributed by atoms with Crippen molar-refractivity contribution in [1.29, 1.82) is 0 Å². The van der Waals surface area contributed by atoms with Gasteiger partial charge in [0.05, 0.1) is 39.6 Å². The van der Waals surface area contributed by atoms with Crippen molar-refractivity contribution in [3.05, 3.63) is 0 Å². The van der Waals surface area contributed by atoms with Gasteiger partial charge in [-0.05, 0) is 12.2 Å². The average Bonchev–Trinajstić information content (AvgIpc) is 2.49. The summed E-state index contributed by atoms with van der Waals surface area (Å²) in [7, 11) is 0. The summed E-state index contributed by atoms with van der Waals surface area (Å²) in [5.74, 6) is 0.693. The highest BCUT2D eigenvalue weighted by Gasteiger charge is 1.99. The first-order chi connectivity index (χ1) is 10.7. The van der Waals surface area contributed by atoms with E-state index in [0.29, 0.717) is 59.2 Å². The van der Waals surface area contributed by atoms with Crippen LogP contribution in [-0.2, 0) is 23.8 Å². The van der Waals surface area contributed by atoms with Gasteiger partial charge in [-0.2, -0.15) is 12.6 Å². The zero-order chi connectivity index (χ0) is 16.5. The van der Waals surface area contributed by atoms with Crippen molar-refractivity contribution in [3.63, 3.8) is 0 Å². The third-order valence-electron chi connectivity index (χ3n) is 2.49. The first-order valence-corrected chi connectivity index (χ1v) is 8.15. The first-order valence-electron chi connectivity index (χ1n) is 7.52. The summed E-state index contributed by atoms with van der Waals surface area (Å²) in [6, 6.07) is 0. The summed E-state index contributed by atoms with van der Waals surface area (Å²) >= 11 is 4.05. The van der Waals surface area contributed by atoms with Crippen molar-refractivity contribution in [2.24, 2.45) is 0 Å². The average molecular weight is 336 g/mol. The molecule has 0 unspecified atom stereocenters. The van der Waals surface area contributed by atoms with Crippen LogP contribution in [0.25, 0.3) is 0 Å². The lowest BCUT2D eigenvalue weighted by atomic mass is 10.3. The lowest BCUT2D eigenvalue weighted by Gasteiger charge is -2.08. The summed E-state index contributed by atoms with van der Waals surface area (Å²) in [6.07, 6.45) is 1.30. The van der Waals surface area contributed by atoms with Gasteiger partial charge in [0.1, 0.15) is 0 Å². The summed E-state index contributed by atoms with van der Waals surface area (Å²) < 4.78 is 15.9. The molecule has 2 N–H and O–H groups in total. The van der Waals surface area contributed by atoms with Gasteiger partial charge in [-0.1, -0.05) is 0 Å². The summed E-state index contributed by atoms with van der Waals surface area (Å²) in [5, 5.41) is 5.40. The number of ether oxygens (including phenoxy) is 3. The smallest absolute Gasteiger partial charge is 0.220 e. The lowest BCUT2D eigenvalue weighted by Crippen LogP contribution is -2.27. The molecule has 22 heavy (non-hydrogen) atoms. The molecular formula is C14H28N2O5S. The zero-order valence-corrected chi connectivity index (χ0v) is 14.2. The van der Waals surface area contributed by atoms with Gasteiger partial charge in [0.2, 0.25) is 11.8 Å². The molecule has 0 aromatic rings. The molecule has 0 radical (unpaired) electrons. The lowest BCUT2D eigenvalue weighted by molar-refractivity contribution is -0.121. The fourth-order valence-electron chi connectivity index (χ4n) is 1.43. The number of thiol groups is 1. The van der Waals surface area contributed by atoms with E-state index in [0.717, 1.165) is 12.2 Å². The second-order valence-electron chi connectivity index (χ2n) is 4.50.